The fraction of sp³-hybridized carbons (Fsp3) is 0.429. The van der Waals surface area contributed by atoms with Crippen LogP contribution in [0, 0.1) is 0 Å². The van der Waals surface area contributed by atoms with E-state index in [1.54, 1.807) is 11.8 Å². The lowest BCUT2D eigenvalue weighted by molar-refractivity contribution is -0.137. The van der Waals surface area contributed by atoms with E-state index < -0.39 is 5.97 Å². The van der Waals surface area contributed by atoms with Crippen LogP contribution in [-0.2, 0) is 4.79 Å². The average Bonchev–Trinajstić information content (AvgIpc) is 2.44. The molecule has 1 aliphatic rings. The van der Waals surface area contributed by atoms with Gasteiger partial charge in [0.2, 0.25) is 0 Å². The number of aliphatic carboxylic acids is 1. The van der Waals surface area contributed by atoms with E-state index in [0.29, 0.717) is 13.1 Å². The number of para-hydroxylation sites is 2. The molecule has 2 amide bonds. The van der Waals surface area contributed by atoms with Crippen molar-refractivity contribution in [2.45, 2.75) is 6.92 Å². The Balaban J connectivity index is 2.27. The number of anilines is 2. The van der Waals surface area contributed by atoms with Crippen molar-refractivity contribution in [3.63, 3.8) is 0 Å². The van der Waals surface area contributed by atoms with Crippen LogP contribution in [0.4, 0.5) is 16.2 Å². The summed E-state index contributed by atoms with van der Waals surface area (Å²) in [5.74, 6) is -0.998. The summed E-state index contributed by atoms with van der Waals surface area (Å²) in [6, 6.07) is 7.40. The SMILES string of the molecule is CCN(CC(=O)O)C(=O)N1CCN(C)c2ccccc21. The summed E-state index contributed by atoms with van der Waals surface area (Å²) in [7, 11) is 1.98. The number of benzene rings is 1. The first-order chi connectivity index (χ1) is 9.54. The number of hydrogen-bond donors (Lipinski definition) is 1. The molecule has 0 aliphatic carbocycles. The van der Waals surface area contributed by atoms with Crippen LogP contribution < -0.4 is 9.80 Å². The van der Waals surface area contributed by atoms with Gasteiger partial charge in [0.25, 0.3) is 0 Å². The zero-order valence-electron chi connectivity index (χ0n) is 11.7. The number of carbonyl (C=O) groups excluding carboxylic acids is 1. The average molecular weight is 277 g/mol. The van der Waals surface area contributed by atoms with Crippen LogP contribution in [0.5, 0.6) is 0 Å². The van der Waals surface area contributed by atoms with Crippen LogP contribution in [0.15, 0.2) is 24.3 Å². The van der Waals surface area contributed by atoms with Gasteiger partial charge in [-0.15, -0.1) is 0 Å². The molecular formula is C14H19N3O3. The van der Waals surface area contributed by atoms with Gasteiger partial charge in [0.1, 0.15) is 6.54 Å². The van der Waals surface area contributed by atoms with Crippen LogP contribution in [0.3, 0.4) is 0 Å². The molecule has 6 heteroatoms. The largest absolute Gasteiger partial charge is 0.480 e. The summed E-state index contributed by atoms with van der Waals surface area (Å²) in [6.07, 6.45) is 0. The lowest BCUT2D eigenvalue weighted by Crippen LogP contribution is -2.50. The summed E-state index contributed by atoms with van der Waals surface area (Å²) in [5.41, 5.74) is 1.81. The van der Waals surface area contributed by atoms with Crippen molar-refractivity contribution < 1.29 is 14.7 Å². The van der Waals surface area contributed by atoms with Gasteiger partial charge in [-0.2, -0.15) is 0 Å². The molecule has 1 aromatic carbocycles. The highest BCUT2D eigenvalue weighted by Crippen LogP contribution is 2.32. The highest BCUT2D eigenvalue weighted by atomic mass is 16.4. The second-order valence-corrected chi connectivity index (χ2v) is 4.75. The molecule has 0 fully saturated rings. The first kappa shape index (κ1) is 14.2. The highest BCUT2D eigenvalue weighted by molar-refractivity contribution is 5.97. The highest BCUT2D eigenvalue weighted by Gasteiger charge is 2.28. The molecule has 0 unspecified atom stereocenters. The standard InChI is InChI=1S/C14H19N3O3/c1-3-16(10-13(18)19)14(20)17-9-8-15(2)11-6-4-5-7-12(11)17/h4-7H,3,8-10H2,1-2H3,(H,18,19). The molecule has 0 spiro atoms. The molecule has 0 saturated carbocycles. The predicted octanol–water partition coefficient (Wildman–Crippen LogP) is 1.47. The first-order valence-electron chi connectivity index (χ1n) is 6.63. The molecule has 20 heavy (non-hydrogen) atoms. The number of hydrogen-bond acceptors (Lipinski definition) is 3. The zero-order chi connectivity index (χ0) is 14.7. The number of fused-ring (bicyclic) bond motifs is 1. The number of carbonyl (C=O) groups is 2. The maximum atomic E-state index is 12.5. The van der Waals surface area contributed by atoms with Crippen LogP contribution in [-0.4, -0.2) is 55.2 Å². The minimum atomic E-state index is -0.998. The number of likely N-dealkylation sites (N-methyl/N-ethyl adjacent to an activating group) is 2. The molecule has 1 N–H and O–H groups in total. The number of amides is 2. The summed E-state index contributed by atoms with van der Waals surface area (Å²) in [5, 5.41) is 8.88. The van der Waals surface area contributed by atoms with Crippen molar-refractivity contribution in [2.75, 3.05) is 43.0 Å². The minimum Gasteiger partial charge on any atom is -0.480 e. The van der Waals surface area contributed by atoms with Gasteiger partial charge in [-0.1, -0.05) is 12.1 Å². The van der Waals surface area contributed by atoms with Crippen molar-refractivity contribution >= 4 is 23.4 Å². The van der Waals surface area contributed by atoms with Gasteiger partial charge in [-0.3, -0.25) is 9.69 Å². The summed E-state index contributed by atoms with van der Waals surface area (Å²) in [6.45, 7) is 3.17. The van der Waals surface area contributed by atoms with Crippen LogP contribution >= 0.6 is 0 Å². The minimum absolute atomic E-state index is 0.254. The number of carboxylic acids is 1. The molecule has 108 valence electrons. The normalized spacial score (nSPS) is 13.9. The van der Waals surface area contributed by atoms with E-state index in [1.165, 1.54) is 4.90 Å². The Morgan fingerprint density at radius 3 is 2.50 bits per heavy atom. The van der Waals surface area contributed by atoms with Crippen molar-refractivity contribution in [1.82, 2.24) is 4.90 Å². The Morgan fingerprint density at radius 2 is 1.90 bits per heavy atom. The Bertz CT molecular complexity index is 518. The third kappa shape index (κ3) is 2.68. The summed E-state index contributed by atoms with van der Waals surface area (Å²) < 4.78 is 0. The lowest BCUT2D eigenvalue weighted by Gasteiger charge is -2.37. The summed E-state index contributed by atoms with van der Waals surface area (Å²) >= 11 is 0. The topological polar surface area (TPSA) is 64.1 Å². The number of nitrogens with zero attached hydrogens (tertiary/aromatic N) is 3. The molecule has 0 bridgehead atoms. The van der Waals surface area contributed by atoms with E-state index in [4.69, 9.17) is 5.11 Å². The van der Waals surface area contributed by atoms with Gasteiger partial charge >= 0.3 is 12.0 Å². The second-order valence-electron chi connectivity index (χ2n) is 4.75. The quantitative estimate of drug-likeness (QED) is 0.908. The van der Waals surface area contributed by atoms with Crippen LogP contribution in [0.2, 0.25) is 0 Å². The monoisotopic (exact) mass is 277 g/mol. The van der Waals surface area contributed by atoms with Crippen molar-refractivity contribution in [2.24, 2.45) is 0 Å². The van der Waals surface area contributed by atoms with Crippen molar-refractivity contribution in [3.05, 3.63) is 24.3 Å². The smallest absolute Gasteiger partial charge is 0.325 e. The van der Waals surface area contributed by atoms with E-state index in [1.807, 2.05) is 31.3 Å². The number of carboxylic acid groups (broad SMARTS) is 1. The first-order valence-corrected chi connectivity index (χ1v) is 6.63. The molecule has 1 aromatic rings. The fourth-order valence-corrected chi connectivity index (χ4v) is 2.35. The van der Waals surface area contributed by atoms with E-state index >= 15 is 0 Å². The molecule has 1 aliphatic heterocycles. The second kappa shape index (κ2) is 5.81. The maximum Gasteiger partial charge on any atom is 0.325 e. The molecule has 6 nitrogen and oxygen atoms in total. The van der Waals surface area contributed by atoms with E-state index in [2.05, 4.69) is 4.90 Å². The van der Waals surface area contributed by atoms with Gasteiger partial charge in [0.05, 0.1) is 11.4 Å². The Kier molecular flexibility index (Phi) is 4.12. The predicted molar refractivity (Wildman–Crippen MR) is 77.3 cm³/mol. The number of rotatable bonds is 3. The molecule has 1 heterocycles. The van der Waals surface area contributed by atoms with Crippen molar-refractivity contribution in [1.29, 1.82) is 0 Å². The Labute approximate surface area is 118 Å². The molecular weight excluding hydrogens is 258 g/mol. The van der Waals surface area contributed by atoms with Gasteiger partial charge < -0.3 is 14.9 Å². The van der Waals surface area contributed by atoms with E-state index in [9.17, 15) is 9.59 Å². The fourth-order valence-electron chi connectivity index (χ4n) is 2.35. The molecule has 0 atom stereocenters. The third-order valence-corrected chi connectivity index (χ3v) is 3.45. The molecule has 2 rings (SSSR count). The maximum absolute atomic E-state index is 12.5. The van der Waals surface area contributed by atoms with Gasteiger partial charge in [-0.25, -0.2) is 4.79 Å². The lowest BCUT2D eigenvalue weighted by atomic mass is 10.2. The molecule has 0 radical (unpaired) electrons. The Hall–Kier alpha value is -2.24. The summed E-state index contributed by atoms with van der Waals surface area (Å²) in [4.78, 5) is 28.4. The van der Waals surface area contributed by atoms with E-state index in [0.717, 1.165) is 17.9 Å². The van der Waals surface area contributed by atoms with Gasteiger partial charge in [-0.05, 0) is 19.1 Å². The molecule has 0 saturated heterocycles. The van der Waals surface area contributed by atoms with Gasteiger partial charge in [0.15, 0.2) is 0 Å². The third-order valence-electron chi connectivity index (χ3n) is 3.45. The van der Waals surface area contributed by atoms with E-state index in [-0.39, 0.29) is 12.6 Å². The number of urea groups is 1. The van der Waals surface area contributed by atoms with Crippen LogP contribution in [0.25, 0.3) is 0 Å². The molecule has 0 aromatic heterocycles. The van der Waals surface area contributed by atoms with Gasteiger partial charge in [0, 0.05) is 26.7 Å². The Morgan fingerprint density at radius 1 is 1.25 bits per heavy atom. The zero-order valence-corrected chi connectivity index (χ0v) is 11.7. The van der Waals surface area contributed by atoms with Crippen molar-refractivity contribution in [3.8, 4) is 0 Å². The van der Waals surface area contributed by atoms with Crippen LogP contribution in [0.1, 0.15) is 6.92 Å².